The summed E-state index contributed by atoms with van der Waals surface area (Å²) in [4.78, 5) is 1.78. The topological polar surface area (TPSA) is 75.6 Å². The number of hydrogen-bond donors (Lipinski definition) is 0. The summed E-state index contributed by atoms with van der Waals surface area (Å²) >= 11 is 5.73. The molecule has 7 nitrogen and oxygen atoms in total. The van der Waals surface area contributed by atoms with Gasteiger partial charge in [-0.05, 0) is 37.1 Å². The number of aromatic nitrogens is 2. The summed E-state index contributed by atoms with van der Waals surface area (Å²) in [5, 5.41) is 7.84. The van der Waals surface area contributed by atoms with Gasteiger partial charge in [-0.2, -0.15) is 4.31 Å². The molecule has 1 saturated heterocycles. The molecule has 1 aromatic carbocycles. The predicted molar refractivity (Wildman–Crippen MR) is 100 cm³/mol. The molecule has 1 unspecified atom stereocenters. The number of ether oxygens (including phenoxy) is 1. The van der Waals surface area contributed by atoms with E-state index in [4.69, 9.17) is 16.3 Å². The maximum atomic E-state index is 13.3. The van der Waals surface area contributed by atoms with Gasteiger partial charge in [-0.15, -0.1) is 10.2 Å². The molecule has 10 heteroatoms. The number of hydrogen-bond acceptors (Lipinski definition) is 6. The van der Waals surface area contributed by atoms with Crippen molar-refractivity contribution in [3.63, 3.8) is 0 Å². The standard InChI is InChI=1S/C17H20ClFN4O3S/c1-22(2)16-7-8-17(21-20-16)26-12-4-3-9-23(11-12)27(24,25)13-5-6-15(19)14(18)10-13/h5-8,10,12H,3-4,9,11H2,1-2H3. The Hall–Kier alpha value is -1.97. The molecule has 3 rings (SSSR count). The van der Waals surface area contributed by atoms with Crippen molar-refractivity contribution in [3.8, 4) is 5.88 Å². The summed E-state index contributed by atoms with van der Waals surface area (Å²) in [6, 6.07) is 6.87. The molecule has 1 aliphatic rings. The fourth-order valence-corrected chi connectivity index (χ4v) is 4.57. The quantitative estimate of drug-likeness (QED) is 0.748. The molecule has 1 fully saturated rings. The van der Waals surface area contributed by atoms with E-state index in [1.165, 1.54) is 10.4 Å². The highest BCUT2D eigenvalue weighted by Crippen LogP contribution is 2.26. The van der Waals surface area contributed by atoms with Gasteiger partial charge in [-0.3, -0.25) is 0 Å². The molecule has 146 valence electrons. The van der Waals surface area contributed by atoms with Gasteiger partial charge in [0.05, 0.1) is 16.5 Å². The Balaban J connectivity index is 1.72. The van der Waals surface area contributed by atoms with E-state index in [0.717, 1.165) is 12.1 Å². The number of nitrogens with zero attached hydrogens (tertiary/aromatic N) is 4. The van der Waals surface area contributed by atoms with Gasteiger partial charge >= 0.3 is 0 Å². The minimum atomic E-state index is -3.78. The lowest BCUT2D eigenvalue weighted by molar-refractivity contribution is 0.123. The SMILES string of the molecule is CN(C)c1ccc(OC2CCCN(S(=O)(=O)c3ccc(F)c(Cl)c3)C2)nn1. The zero-order valence-electron chi connectivity index (χ0n) is 15.0. The van der Waals surface area contributed by atoms with Gasteiger partial charge in [-0.1, -0.05) is 11.6 Å². The average Bonchev–Trinajstić information content (AvgIpc) is 2.64. The molecule has 0 aliphatic carbocycles. The Labute approximate surface area is 162 Å². The third-order valence-electron chi connectivity index (χ3n) is 4.24. The van der Waals surface area contributed by atoms with Crippen molar-refractivity contribution in [2.24, 2.45) is 0 Å². The molecule has 1 aliphatic heterocycles. The number of piperidine rings is 1. The zero-order valence-corrected chi connectivity index (χ0v) is 16.5. The van der Waals surface area contributed by atoms with Crippen molar-refractivity contribution in [2.75, 3.05) is 32.1 Å². The zero-order chi connectivity index (χ0) is 19.6. The third kappa shape index (κ3) is 4.48. The lowest BCUT2D eigenvalue weighted by Gasteiger charge is -2.31. The molecule has 0 bridgehead atoms. The normalized spacial score (nSPS) is 18.3. The first-order valence-corrected chi connectivity index (χ1v) is 10.2. The summed E-state index contributed by atoms with van der Waals surface area (Å²) < 4.78 is 46.1. The smallest absolute Gasteiger partial charge is 0.243 e. The van der Waals surface area contributed by atoms with Crippen LogP contribution in [0.4, 0.5) is 10.2 Å². The van der Waals surface area contributed by atoms with Crippen LogP contribution in [0.15, 0.2) is 35.2 Å². The second-order valence-corrected chi connectivity index (χ2v) is 8.79. The van der Waals surface area contributed by atoms with Crippen LogP contribution < -0.4 is 9.64 Å². The maximum absolute atomic E-state index is 13.3. The Kier molecular flexibility index (Phi) is 5.83. The monoisotopic (exact) mass is 414 g/mol. The largest absolute Gasteiger partial charge is 0.472 e. The van der Waals surface area contributed by atoms with E-state index >= 15 is 0 Å². The lowest BCUT2D eigenvalue weighted by Crippen LogP contribution is -2.44. The number of sulfonamides is 1. The minimum absolute atomic E-state index is 0.0373. The molecule has 0 saturated carbocycles. The number of halogens is 2. The Morgan fingerprint density at radius 2 is 2.04 bits per heavy atom. The molecular formula is C17H20ClFN4O3S. The first kappa shape index (κ1) is 19.8. The fraction of sp³-hybridized carbons (Fsp3) is 0.412. The van der Waals surface area contributed by atoms with E-state index in [-0.39, 0.29) is 22.6 Å². The average molecular weight is 415 g/mol. The lowest BCUT2D eigenvalue weighted by atomic mass is 10.1. The Morgan fingerprint density at radius 1 is 1.26 bits per heavy atom. The van der Waals surface area contributed by atoms with Crippen LogP contribution in [0.1, 0.15) is 12.8 Å². The first-order chi connectivity index (χ1) is 12.8. The van der Waals surface area contributed by atoms with Crippen molar-refractivity contribution >= 4 is 27.4 Å². The van der Waals surface area contributed by atoms with Crippen LogP contribution in [-0.4, -0.2) is 56.2 Å². The predicted octanol–water partition coefficient (Wildman–Crippen LogP) is 2.57. The van der Waals surface area contributed by atoms with Crippen LogP contribution in [0.5, 0.6) is 5.88 Å². The molecule has 0 amide bonds. The van der Waals surface area contributed by atoms with Crippen LogP contribution in [0, 0.1) is 5.82 Å². The number of anilines is 1. The van der Waals surface area contributed by atoms with Crippen molar-refractivity contribution in [3.05, 3.63) is 41.2 Å². The Bertz CT molecular complexity index is 909. The molecule has 0 radical (unpaired) electrons. The van der Waals surface area contributed by atoms with E-state index in [0.29, 0.717) is 31.1 Å². The van der Waals surface area contributed by atoms with E-state index in [1.54, 1.807) is 12.1 Å². The van der Waals surface area contributed by atoms with Gasteiger partial charge in [0, 0.05) is 26.7 Å². The highest BCUT2D eigenvalue weighted by atomic mass is 35.5. The fourth-order valence-electron chi connectivity index (χ4n) is 2.79. The molecule has 0 N–H and O–H groups in total. The molecule has 1 atom stereocenters. The number of benzene rings is 1. The van der Waals surface area contributed by atoms with Crippen molar-refractivity contribution in [1.82, 2.24) is 14.5 Å². The van der Waals surface area contributed by atoms with Gasteiger partial charge in [0.2, 0.25) is 15.9 Å². The van der Waals surface area contributed by atoms with Crippen molar-refractivity contribution in [1.29, 1.82) is 0 Å². The summed E-state index contributed by atoms with van der Waals surface area (Å²) in [6.07, 6.45) is 0.999. The first-order valence-electron chi connectivity index (χ1n) is 8.40. The van der Waals surface area contributed by atoms with Crippen molar-refractivity contribution in [2.45, 2.75) is 23.8 Å². The minimum Gasteiger partial charge on any atom is -0.472 e. The summed E-state index contributed by atoms with van der Waals surface area (Å²) in [5.41, 5.74) is 0. The van der Waals surface area contributed by atoms with E-state index < -0.39 is 15.8 Å². The summed E-state index contributed by atoms with van der Waals surface area (Å²) in [6.45, 7) is 0.539. The van der Waals surface area contributed by atoms with Crippen LogP contribution in [0.25, 0.3) is 0 Å². The molecule has 2 aromatic rings. The van der Waals surface area contributed by atoms with E-state index in [9.17, 15) is 12.8 Å². The molecule has 0 spiro atoms. The van der Waals surface area contributed by atoms with Crippen LogP contribution in [0.2, 0.25) is 5.02 Å². The maximum Gasteiger partial charge on any atom is 0.243 e. The van der Waals surface area contributed by atoms with Crippen LogP contribution >= 0.6 is 11.6 Å². The van der Waals surface area contributed by atoms with Gasteiger partial charge < -0.3 is 9.64 Å². The van der Waals surface area contributed by atoms with Gasteiger partial charge in [0.1, 0.15) is 11.9 Å². The summed E-state index contributed by atoms with van der Waals surface area (Å²) in [5.74, 6) is 0.383. The van der Waals surface area contributed by atoms with Gasteiger partial charge in [-0.25, -0.2) is 12.8 Å². The highest BCUT2D eigenvalue weighted by molar-refractivity contribution is 7.89. The highest BCUT2D eigenvalue weighted by Gasteiger charge is 2.31. The van der Waals surface area contributed by atoms with Crippen LogP contribution in [-0.2, 0) is 10.0 Å². The van der Waals surface area contributed by atoms with Gasteiger partial charge in [0.25, 0.3) is 0 Å². The van der Waals surface area contributed by atoms with Crippen LogP contribution in [0.3, 0.4) is 0 Å². The number of rotatable bonds is 5. The van der Waals surface area contributed by atoms with E-state index in [2.05, 4.69) is 10.2 Å². The molecule has 1 aromatic heterocycles. The molecule has 2 heterocycles. The van der Waals surface area contributed by atoms with E-state index in [1.807, 2.05) is 19.0 Å². The second-order valence-electron chi connectivity index (χ2n) is 6.45. The molecule has 27 heavy (non-hydrogen) atoms. The van der Waals surface area contributed by atoms with Crippen molar-refractivity contribution < 1.29 is 17.5 Å². The second kappa shape index (κ2) is 7.95. The summed E-state index contributed by atoms with van der Waals surface area (Å²) in [7, 11) is -0.0704. The Morgan fingerprint density at radius 3 is 2.67 bits per heavy atom. The molecular weight excluding hydrogens is 395 g/mol. The van der Waals surface area contributed by atoms with Gasteiger partial charge in [0.15, 0.2) is 5.82 Å². The third-order valence-corrected chi connectivity index (χ3v) is 6.39.